The molecule has 2 fully saturated rings. The molecule has 236 valence electrons. The molecule has 0 N–H and O–H groups in total. The molecule has 1 amide bonds. The summed E-state index contributed by atoms with van der Waals surface area (Å²) in [6, 6.07) is 15.0. The SMILES string of the molecule is COC/C=C/C(=O)N1CCN(c2nc(OC[C@@H]3CCCN3C)nc3c2CCN(c2cccc4cccc(Cl)c24)C3)C[C@@H]1CC#N. The maximum Gasteiger partial charge on any atom is 0.318 e. The van der Waals surface area contributed by atoms with Crippen LogP contribution in [0.2, 0.25) is 5.02 Å². The van der Waals surface area contributed by atoms with Crippen LogP contribution < -0.4 is 14.5 Å². The Labute approximate surface area is 269 Å². The van der Waals surface area contributed by atoms with Crippen molar-refractivity contribution in [2.24, 2.45) is 0 Å². The number of nitrogens with zero attached hydrogens (tertiary/aromatic N) is 7. The number of nitriles is 1. The fourth-order valence-corrected chi connectivity index (χ4v) is 7.06. The van der Waals surface area contributed by atoms with Crippen molar-refractivity contribution in [2.45, 2.75) is 44.3 Å². The van der Waals surface area contributed by atoms with Crippen LogP contribution in [0.25, 0.3) is 10.8 Å². The monoisotopic (exact) mass is 629 g/mol. The van der Waals surface area contributed by atoms with Crippen molar-refractivity contribution in [3.05, 3.63) is 64.8 Å². The van der Waals surface area contributed by atoms with Gasteiger partial charge in [0.2, 0.25) is 5.91 Å². The minimum Gasteiger partial charge on any atom is -0.462 e. The van der Waals surface area contributed by atoms with Crippen LogP contribution in [0.1, 0.15) is 30.5 Å². The highest BCUT2D eigenvalue weighted by Crippen LogP contribution is 2.37. The first-order chi connectivity index (χ1) is 22.0. The molecule has 1 aromatic heterocycles. The van der Waals surface area contributed by atoms with Gasteiger partial charge in [0.1, 0.15) is 12.4 Å². The summed E-state index contributed by atoms with van der Waals surface area (Å²) in [5, 5.41) is 12.5. The van der Waals surface area contributed by atoms with Gasteiger partial charge in [-0.3, -0.25) is 4.79 Å². The van der Waals surface area contributed by atoms with Crippen molar-refractivity contribution in [3.8, 4) is 12.1 Å². The predicted octanol–water partition coefficient (Wildman–Crippen LogP) is 4.45. The number of halogens is 1. The molecule has 0 unspecified atom stereocenters. The third-order valence-electron chi connectivity index (χ3n) is 9.19. The molecule has 3 aromatic rings. The smallest absolute Gasteiger partial charge is 0.318 e. The van der Waals surface area contributed by atoms with Crippen LogP contribution in [-0.2, 0) is 22.5 Å². The maximum atomic E-state index is 13.0. The highest BCUT2D eigenvalue weighted by molar-refractivity contribution is 6.36. The van der Waals surface area contributed by atoms with E-state index >= 15 is 0 Å². The number of benzene rings is 2. The molecule has 0 radical (unpaired) electrons. The molecule has 10 nitrogen and oxygen atoms in total. The van der Waals surface area contributed by atoms with E-state index in [1.165, 1.54) is 6.08 Å². The fraction of sp³-hybridized carbons (Fsp3) is 0.471. The number of ether oxygens (including phenoxy) is 2. The third kappa shape index (κ3) is 6.71. The van der Waals surface area contributed by atoms with Gasteiger partial charge in [-0.25, -0.2) is 0 Å². The molecule has 4 heterocycles. The number of hydrogen-bond donors (Lipinski definition) is 0. The molecule has 0 bridgehead atoms. The molecule has 11 heteroatoms. The molecular weight excluding hydrogens is 590 g/mol. The number of rotatable bonds is 9. The molecule has 2 atom stereocenters. The van der Waals surface area contributed by atoms with Gasteiger partial charge in [0.05, 0.1) is 42.4 Å². The molecule has 6 rings (SSSR count). The zero-order valence-corrected chi connectivity index (χ0v) is 26.7. The van der Waals surface area contributed by atoms with E-state index in [0.717, 1.165) is 70.9 Å². The standard InChI is InChI=1S/C34H40ClN7O3/c1-39-16-5-9-26(39)23-45-34-37-29-22-40(30-11-4-8-24-7-3-10-28(35)32(24)30)17-14-27(29)33(38-34)41-18-19-42(25(21-41)13-15-36)31(43)12-6-20-44-2/h3-4,6-8,10-12,25-26H,5,9,13-14,16-23H2,1-2H3/b12-6+/t25-,26-/m0/s1. The molecular formula is C34H40ClN7O3. The van der Waals surface area contributed by atoms with Crippen LogP contribution in [0.4, 0.5) is 11.5 Å². The molecule has 2 saturated heterocycles. The summed E-state index contributed by atoms with van der Waals surface area (Å²) in [7, 11) is 3.73. The van der Waals surface area contributed by atoms with Gasteiger partial charge in [0.15, 0.2) is 0 Å². The normalized spacial score (nSPS) is 20.5. The van der Waals surface area contributed by atoms with E-state index in [2.05, 4.69) is 52.1 Å². The summed E-state index contributed by atoms with van der Waals surface area (Å²) in [5.41, 5.74) is 3.11. The molecule has 2 aromatic carbocycles. The molecule has 0 saturated carbocycles. The van der Waals surface area contributed by atoms with Gasteiger partial charge in [-0.05, 0) is 50.4 Å². The van der Waals surface area contributed by atoms with Crippen LogP contribution in [0, 0.1) is 11.3 Å². The van der Waals surface area contributed by atoms with Crippen molar-refractivity contribution >= 4 is 39.8 Å². The van der Waals surface area contributed by atoms with Gasteiger partial charge in [-0.2, -0.15) is 15.2 Å². The topological polar surface area (TPSA) is 98.1 Å². The number of aromatic nitrogens is 2. The third-order valence-corrected chi connectivity index (χ3v) is 9.50. The van der Waals surface area contributed by atoms with Gasteiger partial charge in [0, 0.05) is 62.0 Å². The number of piperazine rings is 1. The lowest BCUT2D eigenvalue weighted by molar-refractivity contribution is -0.128. The lowest BCUT2D eigenvalue weighted by atomic mass is 10.0. The van der Waals surface area contributed by atoms with Gasteiger partial charge >= 0.3 is 6.01 Å². The number of carbonyl (C=O) groups excluding carboxylic acids is 1. The summed E-state index contributed by atoms with van der Waals surface area (Å²) in [6.07, 6.45) is 6.48. The minimum absolute atomic E-state index is 0.106. The van der Waals surface area contributed by atoms with Crippen LogP contribution in [0.5, 0.6) is 6.01 Å². The van der Waals surface area contributed by atoms with Crippen molar-refractivity contribution in [2.75, 3.05) is 69.9 Å². The lowest BCUT2D eigenvalue weighted by Crippen LogP contribution is -2.55. The van der Waals surface area contributed by atoms with Gasteiger partial charge in [0.25, 0.3) is 0 Å². The molecule has 3 aliphatic heterocycles. The minimum atomic E-state index is -0.261. The van der Waals surface area contributed by atoms with Gasteiger partial charge < -0.3 is 29.1 Å². The summed E-state index contributed by atoms with van der Waals surface area (Å²) >= 11 is 6.71. The van der Waals surface area contributed by atoms with Crippen LogP contribution >= 0.6 is 11.6 Å². The first-order valence-electron chi connectivity index (χ1n) is 15.7. The molecule has 3 aliphatic rings. The Kier molecular flexibility index (Phi) is 9.69. The van der Waals surface area contributed by atoms with E-state index in [4.69, 9.17) is 31.0 Å². The zero-order valence-electron chi connectivity index (χ0n) is 26.0. The zero-order chi connectivity index (χ0) is 31.3. The van der Waals surface area contributed by atoms with E-state index in [1.54, 1.807) is 18.1 Å². The number of anilines is 2. The summed E-state index contributed by atoms with van der Waals surface area (Å²) in [6.45, 7) is 4.94. The van der Waals surface area contributed by atoms with Crippen molar-refractivity contribution in [3.63, 3.8) is 0 Å². The fourth-order valence-electron chi connectivity index (χ4n) is 6.78. The predicted molar refractivity (Wildman–Crippen MR) is 176 cm³/mol. The van der Waals surface area contributed by atoms with E-state index in [-0.39, 0.29) is 18.4 Å². The van der Waals surface area contributed by atoms with E-state index < -0.39 is 0 Å². The molecule has 0 spiro atoms. The number of amides is 1. The summed E-state index contributed by atoms with van der Waals surface area (Å²) in [5.74, 6) is 0.737. The Morgan fingerprint density at radius 1 is 1.11 bits per heavy atom. The van der Waals surface area contributed by atoms with Gasteiger partial charge in [-0.15, -0.1) is 0 Å². The van der Waals surface area contributed by atoms with Crippen LogP contribution in [-0.4, -0.2) is 97.9 Å². The van der Waals surface area contributed by atoms with Gasteiger partial charge in [-0.1, -0.05) is 41.9 Å². The number of likely N-dealkylation sites (tertiary alicyclic amines) is 1. The highest BCUT2D eigenvalue weighted by Gasteiger charge is 2.34. The van der Waals surface area contributed by atoms with Crippen molar-refractivity contribution in [1.82, 2.24) is 19.8 Å². The average Bonchev–Trinajstić information content (AvgIpc) is 3.47. The van der Waals surface area contributed by atoms with Crippen LogP contribution in [0.3, 0.4) is 0 Å². The Morgan fingerprint density at radius 3 is 2.73 bits per heavy atom. The number of methoxy groups -OCH3 is 1. The number of carbonyl (C=O) groups is 1. The largest absolute Gasteiger partial charge is 0.462 e. The second-order valence-corrected chi connectivity index (χ2v) is 12.4. The summed E-state index contributed by atoms with van der Waals surface area (Å²) in [4.78, 5) is 31.7. The Hall–Kier alpha value is -3.91. The summed E-state index contributed by atoms with van der Waals surface area (Å²) < 4.78 is 11.4. The van der Waals surface area contributed by atoms with E-state index in [1.807, 2.05) is 12.1 Å². The Morgan fingerprint density at radius 2 is 1.96 bits per heavy atom. The molecule has 45 heavy (non-hydrogen) atoms. The second-order valence-electron chi connectivity index (χ2n) is 12.0. The van der Waals surface area contributed by atoms with E-state index in [9.17, 15) is 10.1 Å². The second kappa shape index (κ2) is 14.0. The first kappa shape index (κ1) is 31.1. The Balaban J connectivity index is 1.31. The maximum absolute atomic E-state index is 13.0. The van der Waals surface area contributed by atoms with Crippen LogP contribution in [0.15, 0.2) is 48.6 Å². The van der Waals surface area contributed by atoms with Crippen molar-refractivity contribution in [1.29, 1.82) is 5.26 Å². The van der Waals surface area contributed by atoms with Crippen molar-refractivity contribution < 1.29 is 14.3 Å². The lowest BCUT2D eigenvalue weighted by Gasteiger charge is -2.42. The average molecular weight is 630 g/mol. The molecule has 0 aliphatic carbocycles. The van der Waals surface area contributed by atoms with E-state index in [0.29, 0.717) is 51.4 Å². The highest BCUT2D eigenvalue weighted by atomic mass is 35.5. The number of fused-ring (bicyclic) bond motifs is 2. The number of hydrogen-bond acceptors (Lipinski definition) is 9. The number of likely N-dealkylation sites (N-methyl/N-ethyl adjacent to an activating group) is 1. The Bertz CT molecular complexity index is 1600. The quantitative estimate of drug-likeness (QED) is 0.318. The first-order valence-corrected chi connectivity index (χ1v) is 16.1.